The van der Waals surface area contributed by atoms with Crippen LogP contribution in [0.4, 0.5) is 0 Å². The van der Waals surface area contributed by atoms with Crippen LogP contribution >= 0.6 is 0 Å². The number of rotatable bonds is 6. The quantitative estimate of drug-likeness (QED) is 0.864. The maximum absolute atomic E-state index is 12.2. The van der Waals surface area contributed by atoms with E-state index in [1.807, 2.05) is 6.92 Å². The standard InChI is InChI=1S/C16H23NO4S/c1-13-4-6-15(7-5-13)22(19,20)10-8-16(18)17-11-14-3-2-9-21-12-14/h4-7,14H,2-3,8-12H2,1H3,(H,17,18)/t14-/m1/s1. The van der Waals surface area contributed by atoms with Gasteiger partial charge in [0.2, 0.25) is 5.91 Å². The Morgan fingerprint density at radius 2 is 2.05 bits per heavy atom. The summed E-state index contributed by atoms with van der Waals surface area (Å²) in [6, 6.07) is 6.69. The number of hydrogen-bond acceptors (Lipinski definition) is 4. The number of benzene rings is 1. The van der Waals surface area contributed by atoms with Crippen molar-refractivity contribution in [2.24, 2.45) is 5.92 Å². The van der Waals surface area contributed by atoms with Crippen molar-refractivity contribution in [2.75, 3.05) is 25.5 Å². The molecule has 0 radical (unpaired) electrons. The van der Waals surface area contributed by atoms with Crippen molar-refractivity contribution in [3.05, 3.63) is 29.8 Å². The molecule has 1 saturated heterocycles. The number of aryl methyl sites for hydroxylation is 1. The smallest absolute Gasteiger partial charge is 0.221 e. The first-order chi connectivity index (χ1) is 10.5. The van der Waals surface area contributed by atoms with Crippen molar-refractivity contribution in [3.8, 4) is 0 Å². The highest BCUT2D eigenvalue weighted by Crippen LogP contribution is 2.14. The maximum atomic E-state index is 12.2. The van der Waals surface area contributed by atoms with E-state index in [2.05, 4.69) is 5.32 Å². The van der Waals surface area contributed by atoms with Gasteiger partial charge in [-0.25, -0.2) is 8.42 Å². The Hall–Kier alpha value is -1.40. The molecule has 1 atom stereocenters. The van der Waals surface area contributed by atoms with Crippen LogP contribution in [0.1, 0.15) is 24.8 Å². The first-order valence-electron chi connectivity index (χ1n) is 7.61. The largest absolute Gasteiger partial charge is 0.381 e. The van der Waals surface area contributed by atoms with Gasteiger partial charge in [-0.3, -0.25) is 4.79 Å². The van der Waals surface area contributed by atoms with E-state index in [9.17, 15) is 13.2 Å². The summed E-state index contributed by atoms with van der Waals surface area (Å²) in [5.41, 5.74) is 1.01. The van der Waals surface area contributed by atoms with E-state index >= 15 is 0 Å². The van der Waals surface area contributed by atoms with Crippen LogP contribution in [0.5, 0.6) is 0 Å². The van der Waals surface area contributed by atoms with Crippen LogP contribution in [-0.2, 0) is 19.4 Å². The molecule has 122 valence electrons. The Kier molecular flexibility index (Phi) is 5.97. The molecule has 1 aromatic rings. The fraction of sp³-hybridized carbons (Fsp3) is 0.562. The molecule has 5 nitrogen and oxygen atoms in total. The molecule has 0 saturated carbocycles. The molecule has 1 aliphatic heterocycles. The van der Waals surface area contributed by atoms with Gasteiger partial charge in [0.25, 0.3) is 0 Å². The van der Waals surface area contributed by atoms with Crippen molar-refractivity contribution in [2.45, 2.75) is 31.1 Å². The Morgan fingerprint density at radius 3 is 2.68 bits per heavy atom. The minimum absolute atomic E-state index is 0.0101. The van der Waals surface area contributed by atoms with Gasteiger partial charge >= 0.3 is 0 Å². The van der Waals surface area contributed by atoms with Crippen molar-refractivity contribution in [1.29, 1.82) is 0 Å². The molecule has 0 bridgehead atoms. The summed E-state index contributed by atoms with van der Waals surface area (Å²) < 4.78 is 29.7. The predicted octanol–water partition coefficient (Wildman–Crippen LogP) is 1.70. The summed E-state index contributed by atoms with van der Waals surface area (Å²) in [5.74, 6) is -0.0454. The highest BCUT2D eigenvalue weighted by molar-refractivity contribution is 7.91. The fourth-order valence-corrected chi connectivity index (χ4v) is 3.65. The van der Waals surface area contributed by atoms with Crippen LogP contribution < -0.4 is 5.32 Å². The van der Waals surface area contributed by atoms with Gasteiger partial charge in [-0.1, -0.05) is 17.7 Å². The summed E-state index contributed by atoms with van der Waals surface area (Å²) in [6.07, 6.45) is 2.05. The van der Waals surface area contributed by atoms with Gasteiger partial charge in [0, 0.05) is 19.6 Å². The van der Waals surface area contributed by atoms with Gasteiger partial charge in [-0.2, -0.15) is 0 Å². The molecule has 2 rings (SSSR count). The lowest BCUT2D eigenvalue weighted by molar-refractivity contribution is -0.121. The summed E-state index contributed by atoms with van der Waals surface area (Å²) in [6.45, 7) is 3.92. The summed E-state index contributed by atoms with van der Waals surface area (Å²) in [7, 11) is -3.40. The molecule has 0 aromatic heterocycles. The van der Waals surface area contributed by atoms with E-state index in [0.29, 0.717) is 19.1 Å². The van der Waals surface area contributed by atoms with Gasteiger partial charge in [-0.05, 0) is 37.8 Å². The van der Waals surface area contributed by atoms with Crippen LogP contribution in [0.25, 0.3) is 0 Å². The molecule has 1 aromatic carbocycles. The average Bonchev–Trinajstić information content (AvgIpc) is 2.52. The fourth-order valence-electron chi connectivity index (χ4n) is 2.41. The molecule has 1 amide bonds. The molecule has 0 unspecified atom stereocenters. The van der Waals surface area contributed by atoms with Gasteiger partial charge in [0.15, 0.2) is 9.84 Å². The Labute approximate surface area is 132 Å². The van der Waals surface area contributed by atoms with Crippen LogP contribution in [0.3, 0.4) is 0 Å². The SMILES string of the molecule is Cc1ccc(S(=O)(=O)CCC(=O)NC[C@H]2CCCOC2)cc1. The van der Waals surface area contributed by atoms with E-state index in [4.69, 9.17) is 4.74 Å². The summed E-state index contributed by atoms with van der Waals surface area (Å²) >= 11 is 0. The lowest BCUT2D eigenvalue weighted by atomic mass is 10.0. The molecule has 0 aliphatic carbocycles. The number of hydrogen-bond donors (Lipinski definition) is 1. The van der Waals surface area contributed by atoms with E-state index in [1.54, 1.807) is 24.3 Å². The zero-order chi connectivity index (χ0) is 16.0. The van der Waals surface area contributed by atoms with E-state index in [0.717, 1.165) is 25.0 Å². The number of sulfone groups is 1. The third-order valence-electron chi connectivity index (χ3n) is 3.82. The third kappa shape index (κ3) is 5.10. The molecule has 0 spiro atoms. The number of carbonyl (C=O) groups is 1. The maximum Gasteiger partial charge on any atom is 0.221 e. The van der Waals surface area contributed by atoms with Gasteiger partial charge in [0.1, 0.15) is 0 Å². The Balaban J connectivity index is 1.78. The molecule has 22 heavy (non-hydrogen) atoms. The van der Waals surface area contributed by atoms with Crippen LogP contribution in [-0.4, -0.2) is 39.8 Å². The predicted molar refractivity (Wildman–Crippen MR) is 84.4 cm³/mol. The lowest BCUT2D eigenvalue weighted by Crippen LogP contribution is -2.34. The minimum atomic E-state index is -3.40. The highest BCUT2D eigenvalue weighted by atomic mass is 32.2. The second kappa shape index (κ2) is 7.74. The van der Waals surface area contributed by atoms with Gasteiger partial charge < -0.3 is 10.1 Å². The molecule has 1 aliphatic rings. The van der Waals surface area contributed by atoms with Crippen molar-refractivity contribution in [1.82, 2.24) is 5.32 Å². The van der Waals surface area contributed by atoms with Crippen LogP contribution in [0.2, 0.25) is 0 Å². The first-order valence-corrected chi connectivity index (χ1v) is 9.26. The average molecular weight is 325 g/mol. The Bertz CT molecular complexity index is 589. The van der Waals surface area contributed by atoms with Crippen LogP contribution in [0.15, 0.2) is 29.2 Å². The van der Waals surface area contributed by atoms with Crippen LogP contribution in [0, 0.1) is 12.8 Å². The molecular formula is C16H23NO4S. The number of ether oxygens (including phenoxy) is 1. The topological polar surface area (TPSA) is 72.5 Å². The minimum Gasteiger partial charge on any atom is -0.381 e. The molecule has 1 N–H and O–H groups in total. The van der Waals surface area contributed by atoms with Gasteiger partial charge in [-0.15, -0.1) is 0 Å². The molecule has 1 heterocycles. The third-order valence-corrected chi connectivity index (χ3v) is 5.55. The van der Waals surface area contributed by atoms with Crippen molar-refractivity contribution >= 4 is 15.7 Å². The monoisotopic (exact) mass is 325 g/mol. The lowest BCUT2D eigenvalue weighted by Gasteiger charge is -2.22. The summed E-state index contributed by atoms with van der Waals surface area (Å²) in [5, 5.41) is 2.80. The highest BCUT2D eigenvalue weighted by Gasteiger charge is 2.18. The number of amides is 1. The van der Waals surface area contributed by atoms with E-state index < -0.39 is 9.84 Å². The zero-order valence-electron chi connectivity index (χ0n) is 12.9. The number of carbonyl (C=O) groups excluding carboxylic acids is 1. The zero-order valence-corrected chi connectivity index (χ0v) is 13.7. The first kappa shape index (κ1) is 17.0. The molecule has 1 fully saturated rings. The van der Waals surface area contributed by atoms with Gasteiger partial charge in [0.05, 0.1) is 17.3 Å². The second-order valence-electron chi connectivity index (χ2n) is 5.77. The number of nitrogens with one attached hydrogen (secondary N) is 1. The van der Waals surface area contributed by atoms with Crippen molar-refractivity contribution in [3.63, 3.8) is 0 Å². The van der Waals surface area contributed by atoms with Crippen molar-refractivity contribution < 1.29 is 17.9 Å². The van der Waals surface area contributed by atoms with E-state index in [1.165, 1.54) is 0 Å². The molecular weight excluding hydrogens is 302 g/mol. The second-order valence-corrected chi connectivity index (χ2v) is 7.88. The van der Waals surface area contributed by atoms with E-state index in [-0.39, 0.29) is 23.0 Å². The summed E-state index contributed by atoms with van der Waals surface area (Å²) in [4.78, 5) is 12.1. The Morgan fingerprint density at radius 1 is 1.32 bits per heavy atom. The normalized spacial score (nSPS) is 18.9. The molecule has 6 heteroatoms.